The molecule has 4 aliphatic rings. The van der Waals surface area contributed by atoms with Crippen molar-refractivity contribution in [1.29, 1.82) is 0 Å². The number of aliphatic carboxylic acids is 1. The summed E-state index contributed by atoms with van der Waals surface area (Å²) < 4.78 is 0. The van der Waals surface area contributed by atoms with Crippen LogP contribution in [0.2, 0.25) is 0 Å². The van der Waals surface area contributed by atoms with Crippen molar-refractivity contribution < 1.29 is 24.6 Å². The number of nitrogens with zero attached hydrogens (tertiary/aromatic N) is 1. The number of aliphatic hydroxyl groups is 1. The van der Waals surface area contributed by atoms with Crippen LogP contribution in [0.15, 0.2) is 16.8 Å². The molecule has 36 heavy (non-hydrogen) atoms. The number of carbonyl (C=O) groups is 2. The molecule has 0 saturated heterocycles. The Morgan fingerprint density at radius 1 is 1.19 bits per heavy atom. The topological polar surface area (TPSA) is 108 Å². The summed E-state index contributed by atoms with van der Waals surface area (Å²) in [5.41, 5.74) is 1.20. The first-order chi connectivity index (χ1) is 16.9. The number of fused-ring (bicyclic) bond motifs is 5. The number of carboxylic acids is 1. The highest BCUT2D eigenvalue weighted by Gasteiger charge is 2.63. The van der Waals surface area contributed by atoms with Gasteiger partial charge in [-0.05, 0) is 93.0 Å². The Hall–Kier alpha value is -2.33. The summed E-state index contributed by atoms with van der Waals surface area (Å²) >= 11 is 0. The van der Waals surface area contributed by atoms with Crippen molar-refractivity contribution in [3.05, 3.63) is 11.6 Å². The zero-order chi connectivity index (χ0) is 26.3. The molecule has 3 fully saturated rings. The summed E-state index contributed by atoms with van der Waals surface area (Å²) in [5.74, 6) is 3.03. The predicted molar refractivity (Wildman–Crippen MR) is 138 cm³/mol. The van der Waals surface area contributed by atoms with E-state index < -0.39 is 23.5 Å². The van der Waals surface area contributed by atoms with Gasteiger partial charge in [0.2, 0.25) is 0 Å². The van der Waals surface area contributed by atoms with Crippen molar-refractivity contribution in [3.63, 3.8) is 0 Å². The Morgan fingerprint density at radius 3 is 2.58 bits per heavy atom. The molecule has 0 bridgehead atoms. The van der Waals surface area contributed by atoms with E-state index in [0.29, 0.717) is 30.6 Å². The van der Waals surface area contributed by atoms with Gasteiger partial charge in [0.1, 0.15) is 11.6 Å². The maximum absolute atomic E-state index is 12.2. The van der Waals surface area contributed by atoms with Crippen molar-refractivity contribution in [2.75, 3.05) is 6.61 Å². The Balaban J connectivity index is 1.39. The van der Waals surface area contributed by atoms with Crippen molar-refractivity contribution in [2.45, 2.75) is 97.1 Å². The fourth-order valence-electron chi connectivity index (χ4n) is 8.00. The monoisotopic (exact) mass is 498 g/mol. The molecule has 1 amide bonds. The molecule has 3 saturated carbocycles. The molecule has 0 aromatic carbocycles. The largest absolute Gasteiger partial charge is 0.480 e. The lowest BCUT2D eigenvalue weighted by atomic mass is 9.46. The number of amides is 1. The molecule has 7 nitrogen and oxygen atoms in total. The van der Waals surface area contributed by atoms with Crippen LogP contribution in [0.25, 0.3) is 0 Å². The third kappa shape index (κ3) is 4.58. The molecule has 7 heteroatoms. The molecule has 198 valence electrons. The molecule has 7 atom stereocenters. The number of rotatable bonds is 7. The first-order valence-electron chi connectivity index (χ1n) is 13.6. The summed E-state index contributed by atoms with van der Waals surface area (Å²) in [5, 5.41) is 27.2. The second-order valence-corrected chi connectivity index (χ2v) is 12.4. The molecular formula is C29H42N2O5. The molecule has 0 heterocycles. The fraction of sp³-hybridized carbons (Fsp3) is 0.759. The molecule has 0 unspecified atom stereocenters. The fourth-order valence-corrected chi connectivity index (χ4v) is 8.00. The summed E-state index contributed by atoms with van der Waals surface area (Å²) in [7, 11) is 0. The standard InChI is InChI=1S/C29H42N2O5/c1-6-29(35)14-11-23-21-8-7-19-16-20(9-12-27(19,4)22(21)10-13-28(23,29)5)31-36-17-25(32)30-24(26(33)34)15-18(2)3/h1,16,18,21-24,35H,7-15,17H2,2-5H3,(H,30,32)(H,33,34)/b31-20-/t21-,22+,23+,24+,27+,28+,29-/m1/s1. The maximum atomic E-state index is 12.2. The predicted octanol–water partition coefficient (Wildman–Crippen LogP) is 4.30. The highest BCUT2D eigenvalue weighted by atomic mass is 16.6. The van der Waals surface area contributed by atoms with Gasteiger partial charge < -0.3 is 20.4 Å². The van der Waals surface area contributed by atoms with E-state index in [1.165, 1.54) is 5.57 Å². The summed E-state index contributed by atoms with van der Waals surface area (Å²) in [6.45, 7) is 8.15. The lowest BCUT2D eigenvalue weighted by Crippen LogP contribution is -2.54. The number of oxime groups is 1. The number of allylic oxidation sites excluding steroid dienone is 2. The normalized spacial score (nSPS) is 39.3. The van der Waals surface area contributed by atoms with Crippen molar-refractivity contribution in [1.82, 2.24) is 5.32 Å². The van der Waals surface area contributed by atoms with Crippen LogP contribution in [0.5, 0.6) is 0 Å². The van der Waals surface area contributed by atoms with Gasteiger partial charge in [0.05, 0.1) is 5.71 Å². The van der Waals surface area contributed by atoms with Crippen LogP contribution >= 0.6 is 0 Å². The summed E-state index contributed by atoms with van der Waals surface area (Å²) in [6, 6.07) is -0.921. The molecule has 0 aromatic heterocycles. The number of carboxylic acid groups (broad SMARTS) is 1. The van der Waals surface area contributed by atoms with E-state index in [9.17, 15) is 19.8 Å². The van der Waals surface area contributed by atoms with Crippen LogP contribution < -0.4 is 5.32 Å². The number of nitrogens with one attached hydrogen (secondary N) is 1. The van der Waals surface area contributed by atoms with Gasteiger partial charge in [-0.15, -0.1) is 6.42 Å². The van der Waals surface area contributed by atoms with E-state index in [4.69, 9.17) is 11.3 Å². The lowest BCUT2D eigenvalue weighted by Gasteiger charge is -2.58. The molecule has 4 rings (SSSR count). The third-order valence-electron chi connectivity index (χ3n) is 10.1. The minimum Gasteiger partial charge on any atom is -0.480 e. The minimum absolute atomic E-state index is 0.114. The van der Waals surface area contributed by atoms with E-state index in [1.54, 1.807) is 0 Å². The number of hydrogen-bond acceptors (Lipinski definition) is 5. The van der Waals surface area contributed by atoms with Crippen LogP contribution in [-0.4, -0.2) is 46.1 Å². The highest BCUT2D eigenvalue weighted by Crippen LogP contribution is 2.67. The lowest BCUT2D eigenvalue weighted by molar-refractivity contribution is -0.143. The first-order valence-corrected chi connectivity index (χ1v) is 13.6. The van der Waals surface area contributed by atoms with Crippen LogP contribution in [0, 0.1) is 46.8 Å². The van der Waals surface area contributed by atoms with Crippen molar-refractivity contribution >= 4 is 17.6 Å². The molecule has 0 aliphatic heterocycles. The van der Waals surface area contributed by atoms with Gasteiger partial charge >= 0.3 is 5.97 Å². The SMILES string of the molecule is C#C[C@@]1(O)CC[C@H]2[C@@H]3CCC4=C/C(=N\OCC(=O)N[C@@H](CC(C)C)C(=O)O)CC[C@]4(C)[C@H]3CC[C@@]21C. The molecule has 0 aromatic rings. The molecule has 0 spiro atoms. The third-order valence-corrected chi connectivity index (χ3v) is 10.1. The zero-order valence-electron chi connectivity index (χ0n) is 22.2. The van der Waals surface area contributed by atoms with Gasteiger partial charge in [0.25, 0.3) is 5.91 Å². The molecule has 0 radical (unpaired) electrons. The average Bonchev–Trinajstić information content (AvgIpc) is 3.09. The van der Waals surface area contributed by atoms with E-state index in [1.807, 2.05) is 13.8 Å². The van der Waals surface area contributed by atoms with E-state index in [2.05, 4.69) is 36.3 Å². The van der Waals surface area contributed by atoms with Crippen molar-refractivity contribution in [2.24, 2.45) is 39.7 Å². The molecular weight excluding hydrogens is 456 g/mol. The molecule has 3 N–H and O–H groups in total. The van der Waals surface area contributed by atoms with Gasteiger partial charge in [-0.2, -0.15) is 0 Å². The van der Waals surface area contributed by atoms with Gasteiger partial charge in [-0.25, -0.2) is 4.79 Å². The van der Waals surface area contributed by atoms with Crippen LogP contribution in [0.3, 0.4) is 0 Å². The van der Waals surface area contributed by atoms with Gasteiger partial charge in [-0.1, -0.05) is 44.3 Å². The van der Waals surface area contributed by atoms with Crippen LogP contribution in [-0.2, 0) is 14.4 Å². The zero-order valence-corrected chi connectivity index (χ0v) is 22.2. The van der Waals surface area contributed by atoms with E-state index in [-0.39, 0.29) is 23.4 Å². The average molecular weight is 499 g/mol. The number of terminal acetylenes is 1. The van der Waals surface area contributed by atoms with Gasteiger partial charge in [0.15, 0.2) is 6.61 Å². The second kappa shape index (κ2) is 9.85. The minimum atomic E-state index is -1.04. The maximum Gasteiger partial charge on any atom is 0.326 e. The number of carbonyl (C=O) groups excluding carboxylic acids is 1. The van der Waals surface area contributed by atoms with E-state index >= 15 is 0 Å². The first kappa shape index (κ1) is 26.7. The molecule has 4 aliphatic carbocycles. The summed E-state index contributed by atoms with van der Waals surface area (Å²) in [6.07, 6.45) is 16.0. The number of hydrogen-bond donors (Lipinski definition) is 3. The van der Waals surface area contributed by atoms with Gasteiger partial charge in [0, 0.05) is 5.41 Å². The Morgan fingerprint density at radius 2 is 1.92 bits per heavy atom. The van der Waals surface area contributed by atoms with Gasteiger partial charge in [-0.3, -0.25) is 4.79 Å². The Kier molecular flexibility index (Phi) is 7.31. The summed E-state index contributed by atoms with van der Waals surface area (Å²) in [4.78, 5) is 28.9. The van der Waals surface area contributed by atoms with E-state index in [0.717, 1.165) is 50.7 Å². The van der Waals surface area contributed by atoms with Crippen molar-refractivity contribution in [3.8, 4) is 12.3 Å². The van der Waals surface area contributed by atoms with Crippen LogP contribution in [0.1, 0.15) is 85.5 Å². The smallest absolute Gasteiger partial charge is 0.326 e. The van der Waals surface area contributed by atoms with Crippen LogP contribution in [0.4, 0.5) is 0 Å². The highest BCUT2D eigenvalue weighted by molar-refractivity contribution is 5.96. The second-order valence-electron chi connectivity index (χ2n) is 12.4. The quantitative estimate of drug-likeness (QED) is 0.358. The Labute approximate surface area is 215 Å². The Bertz CT molecular complexity index is 996.